The summed E-state index contributed by atoms with van der Waals surface area (Å²) in [5.41, 5.74) is 1.50. The van der Waals surface area contributed by atoms with Crippen LogP contribution in [0.5, 0.6) is 0 Å². The molecular weight excluding hydrogens is 221 g/mol. The van der Waals surface area contributed by atoms with E-state index in [1.54, 1.807) is 12.3 Å². The van der Waals surface area contributed by atoms with Crippen LogP contribution in [-0.2, 0) is 0 Å². The third-order valence-electron chi connectivity index (χ3n) is 2.40. The maximum absolute atomic E-state index is 6.03. The second-order valence-corrected chi connectivity index (χ2v) is 4.19. The smallest absolute Gasteiger partial charge is 0.205 e. The fourth-order valence-electron chi connectivity index (χ4n) is 1.59. The van der Waals surface area contributed by atoms with Crippen molar-refractivity contribution in [2.24, 2.45) is 0 Å². The van der Waals surface area contributed by atoms with Gasteiger partial charge >= 0.3 is 0 Å². The average Bonchev–Trinajstić information content (AvgIpc) is 2.91. The number of rotatable bonds is 1. The van der Waals surface area contributed by atoms with Crippen molar-refractivity contribution >= 4 is 34.4 Å². The van der Waals surface area contributed by atoms with Crippen LogP contribution >= 0.6 is 23.2 Å². The highest BCUT2D eigenvalue weighted by molar-refractivity contribution is 6.35. The number of imidazole rings is 1. The van der Waals surface area contributed by atoms with Gasteiger partial charge in [-0.25, -0.2) is 9.97 Å². The maximum Gasteiger partial charge on any atom is 0.205 e. The Morgan fingerprint density at radius 1 is 1.36 bits per heavy atom. The van der Waals surface area contributed by atoms with E-state index in [0.29, 0.717) is 21.9 Å². The number of halogens is 2. The lowest BCUT2D eigenvalue weighted by atomic mass is 10.4. The first-order chi connectivity index (χ1) is 6.77. The van der Waals surface area contributed by atoms with Gasteiger partial charge in [0.05, 0.1) is 5.02 Å². The molecule has 0 N–H and O–H groups in total. The van der Waals surface area contributed by atoms with Crippen molar-refractivity contribution in [3.05, 3.63) is 22.6 Å². The SMILES string of the molecule is Clc1ccnc2c1nc(Cl)n2C1CC1. The van der Waals surface area contributed by atoms with E-state index in [1.807, 2.05) is 4.57 Å². The minimum atomic E-state index is 0.471. The van der Waals surface area contributed by atoms with E-state index in [1.165, 1.54) is 0 Å². The Labute approximate surface area is 90.7 Å². The zero-order chi connectivity index (χ0) is 9.71. The van der Waals surface area contributed by atoms with Gasteiger partial charge in [-0.05, 0) is 30.5 Å². The number of fused-ring (bicyclic) bond motifs is 1. The topological polar surface area (TPSA) is 30.7 Å². The van der Waals surface area contributed by atoms with Crippen LogP contribution in [0.1, 0.15) is 18.9 Å². The molecule has 0 saturated heterocycles. The molecule has 0 bridgehead atoms. The molecule has 14 heavy (non-hydrogen) atoms. The van der Waals surface area contributed by atoms with Crippen molar-refractivity contribution in [2.75, 3.05) is 0 Å². The number of aromatic nitrogens is 3. The minimum Gasteiger partial charge on any atom is -0.296 e. The van der Waals surface area contributed by atoms with Crippen molar-refractivity contribution in [1.29, 1.82) is 0 Å². The van der Waals surface area contributed by atoms with E-state index in [-0.39, 0.29) is 0 Å². The highest BCUT2D eigenvalue weighted by Crippen LogP contribution is 2.40. The zero-order valence-electron chi connectivity index (χ0n) is 7.24. The van der Waals surface area contributed by atoms with Crippen LogP contribution in [0, 0.1) is 0 Å². The molecule has 1 saturated carbocycles. The summed E-state index contributed by atoms with van der Waals surface area (Å²) >= 11 is 12.0. The van der Waals surface area contributed by atoms with Gasteiger partial charge < -0.3 is 0 Å². The summed E-state index contributed by atoms with van der Waals surface area (Å²) in [6.07, 6.45) is 3.99. The third kappa shape index (κ3) is 1.12. The standard InChI is InChI=1S/C9H7Cl2N3/c10-6-3-4-12-8-7(6)13-9(11)14(8)5-1-2-5/h3-5H,1-2H2. The van der Waals surface area contributed by atoms with Gasteiger partial charge in [0.15, 0.2) is 5.65 Å². The largest absolute Gasteiger partial charge is 0.296 e. The first-order valence-electron chi connectivity index (χ1n) is 4.45. The van der Waals surface area contributed by atoms with Crippen molar-refractivity contribution in [1.82, 2.24) is 14.5 Å². The summed E-state index contributed by atoms with van der Waals surface area (Å²) in [4.78, 5) is 8.46. The van der Waals surface area contributed by atoms with E-state index >= 15 is 0 Å². The summed E-state index contributed by atoms with van der Waals surface area (Å²) in [7, 11) is 0. The van der Waals surface area contributed by atoms with Gasteiger partial charge in [-0.3, -0.25) is 4.57 Å². The van der Waals surface area contributed by atoms with Crippen LogP contribution in [0.15, 0.2) is 12.3 Å². The Bertz CT molecular complexity index is 502. The fourth-order valence-corrected chi connectivity index (χ4v) is 2.08. The molecule has 0 radical (unpaired) electrons. The van der Waals surface area contributed by atoms with Gasteiger partial charge in [-0.15, -0.1) is 0 Å². The zero-order valence-corrected chi connectivity index (χ0v) is 8.76. The lowest BCUT2D eigenvalue weighted by molar-refractivity contribution is 0.758. The summed E-state index contributed by atoms with van der Waals surface area (Å²) in [5, 5.41) is 1.10. The van der Waals surface area contributed by atoms with Crippen molar-refractivity contribution in [3.8, 4) is 0 Å². The summed E-state index contributed by atoms with van der Waals surface area (Å²) in [6, 6.07) is 2.20. The molecule has 1 aliphatic rings. The Morgan fingerprint density at radius 3 is 2.86 bits per heavy atom. The number of nitrogens with zero attached hydrogens (tertiary/aromatic N) is 3. The monoisotopic (exact) mass is 227 g/mol. The Kier molecular flexibility index (Phi) is 1.73. The molecule has 3 nitrogen and oxygen atoms in total. The molecule has 2 aromatic rings. The minimum absolute atomic E-state index is 0.471. The number of hydrogen-bond acceptors (Lipinski definition) is 2. The molecule has 5 heteroatoms. The van der Waals surface area contributed by atoms with Gasteiger partial charge in [0.25, 0.3) is 0 Å². The van der Waals surface area contributed by atoms with E-state index < -0.39 is 0 Å². The second-order valence-electron chi connectivity index (χ2n) is 3.45. The highest BCUT2D eigenvalue weighted by atomic mass is 35.5. The molecule has 0 spiro atoms. The molecule has 72 valence electrons. The van der Waals surface area contributed by atoms with Crippen LogP contribution in [0.4, 0.5) is 0 Å². The van der Waals surface area contributed by atoms with Crippen LogP contribution in [0.3, 0.4) is 0 Å². The first kappa shape index (κ1) is 8.50. The molecular formula is C9H7Cl2N3. The number of pyridine rings is 1. The summed E-state index contributed by atoms with van der Waals surface area (Å²) in [6.45, 7) is 0. The van der Waals surface area contributed by atoms with Crippen molar-refractivity contribution in [3.63, 3.8) is 0 Å². The first-order valence-corrected chi connectivity index (χ1v) is 5.21. The predicted molar refractivity (Wildman–Crippen MR) is 55.8 cm³/mol. The average molecular weight is 228 g/mol. The number of hydrogen-bond donors (Lipinski definition) is 0. The van der Waals surface area contributed by atoms with Gasteiger partial charge in [-0.1, -0.05) is 11.6 Å². The molecule has 0 unspecified atom stereocenters. The van der Waals surface area contributed by atoms with Gasteiger partial charge in [-0.2, -0.15) is 0 Å². The third-order valence-corrected chi connectivity index (χ3v) is 2.97. The fraction of sp³-hybridized carbons (Fsp3) is 0.333. The molecule has 2 heterocycles. The van der Waals surface area contributed by atoms with E-state index in [4.69, 9.17) is 23.2 Å². The van der Waals surface area contributed by atoms with Gasteiger partial charge in [0.1, 0.15) is 5.52 Å². The van der Waals surface area contributed by atoms with Crippen LogP contribution in [0.2, 0.25) is 10.3 Å². The second kappa shape index (κ2) is 2.84. The van der Waals surface area contributed by atoms with Crippen LogP contribution < -0.4 is 0 Å². The molecule has 1 fully saturated rings. The lowest BCUT2D eigenvalue weighted by Crippen LogP contribution is -1.94. The Hall–Kier alpha value is -0.800. The Balaban J connectivity index is 2.37. The van der Waals surface area contributed by atoms with Crippen LogP contribution in [-0.4, -0.2) is 14.5 Å². The van der Waals surface area contributed by atoms with Crippen molar-refractivity contribution in [2.45, 2.75) is 18.9 Å². The van der Waals surface area contributed by atoms with Gasteiger partial charge in [0.2, 0.25) is 5.28 Å². The molecule has 2 aromatic heterocycles. The van der Waals surface area contributed by atoms with E-state index in [2.05, 4.69) is 9.97 Å². The Morgan fingerprint density at radius 2 is 2.14 bits per heavy atom. The predicted octanol–water partition coefficient (Wildman–Crippen LogP) is 3.07. The lowest BCUT2D eigenvalue weighted by Gasteiger charge is -2.00. The van der Waals surface area contributed by atoms with Crippen LogP contribution in [0.25, 0.3) is 11.2 Å². The molecule has 0 aromatic carbocycles. The molecule has 0 amide bonds. The normalized spacial score (nSPS) is 16.4. The van der Waals surface area contributed by atoms with Gasteiger partial charge in [0, 0.05) is 12.2 Å². The highest BCUT2D eigenvalue weighted by Gasteiger charge is 2.28. The molecule has 0 aliphatic heterocycles. The quantitative estimate of drug-likeness (QED) is 0.750. The molecule has 1 aliphatic carbocycles. The summed E-state index contributed by atoms with van der Waals surface area (Å²) < 4.78 is 1.96. The summed E-state index contributed by atoms with van der Waals surface area (Å²) in [5.74, 6) is 0. The van der Waals surface area contributed by atoms with E-state index in [9.17, 15) is 0 Å². The van der Waals surface area contributed by atoms with Crippen molar-refractivity contribution < 1.29 is 0 Å². The molecule has 0 atom stereocenters. The molecule has 3 rings (SSSR count). The maximum atomic E-state index is 6.03. The van der Waals surface area contributed by atoms with E-state index in [0.717, 1.165) is 18.5 Å².